The maximum atomic E-state index is 12.6. The monoisotopic (exact) mass is 394 g/mol. The largest absolute Gasteiger partial charge is 0.338 e. The fraction of sp³-hybridized carbons (Fsp3) is 0.238. The molecule has 0 saturated heterocycles. The molecule has 7 heteroatoms. The molecule has 0 spiro atoms. The van der Waals surface area contributed by atoms with Gasteiger partial charge in [-0.25, -0.2) is 0 Å². The van der Waals surface area contributed by atoms with E-state index in [1.807, 2.05) is 46.7 Å². The van der Waals surface area contributed by atoms with Gasteiger partial charge in [-0.3, -0.25) is 14.6 Å². The average Bonchev–Trinajstić information content (AvgIpc) is 2.70. The molecular formula is C21H19ClN4O2. The van der Waals surface area contributed by atoms with Gasteiger partial charge < -0.3 is 9.47 Å². The topological polar surface area (TPSA) is 68.1 Å². The number of fused-ring (bicyclic) bond motifs is 1. The maximum Gasteiger partial charge on any atom is 0.280 e. The Bertz CT molecular complexity index is 1140. The van der Waals surface area contributed by atoms with Crippen molar-refractivity contribution in [2.45, 2.75) is 19.8 Å². The van der Waals surface area contributed by atoms with Gasteiger partial charge in [-0.2, -0.15) is 4.98 Å². The fourth-order valence-corrected chi connectivity index (χ4v) is 3.70. The highest BCUT2D eigenvalue weighted by Gasteiger charge is 2.20. The van der Waals surface area contributed by atoms with Gasteiger partial charge in [-0.1, -0.05) is 17.7 Å². The van der Waals surface area contributed by atoms with E-state index in [-0.39, 0.29) is 11.5 Å². The zero-order chi connectivity index (χ0) is 19.7. The molecule has 2 aromatic heterocycles. The van der Waals surface area contributed by atoms with Crippen LogP contribution >= 0.6 is 11.6 Å². The molecule has 28 heavy (non-hydrogen) atoms. The molecule has 0 bridgehead atoms. The van der Waals surface area contributed by atoms with Crippen molar-refractivity contribution in [3.8, 4) is 0 Å². The van der Waals surface area contributed by atoms with Gasteiger partial charge in [-0.05, 0) is 43.3 Å². The van der Waals surface area contributed by atoms with Crippen molar-refractivity contribution in [3.05, 3.63) is 75.6 Å². The van der Waals surface area contributed by atoms with Crippen LogP contribution in [-0.2, 0) is 11.2 Å². The minimum atomic E-state index is -0.283. The number of hydrogen-bond donors (Lipinski definition) is 0. The Hall–Kier alpha value is -2.99. The van der Waals surface area contributed by atoms with E-state index >= 15 is 0 Å². The molecule has 0 atom stereocenters. The first-order valence-corrected chi connectivity index (χ1v) is 9.47. The SMILES string of the molecule is Cc1nc(=O)c2cc(Cl)ccc2n1C1=CCN(C(=O)Cc2ccccn2)CC1. The predicted octanol–water partition coefficient (Wildman–Crippen LogP) is 3.07. The molecule has 1 aliphatic rings. The summed E-state index contributed by atoms with van der Waals surface area (Å²) in [6, 6.07) is 10.8. The van der Waals surface area contributed by atoms with Crippen LogP contribution in [0.3, 0.4) is 0 Å². The van der Waals surface area contributed by atoms with E-state index < -0.39 is 0 Å². The molecule has 1 aromatic carbocycles. The summed E-state index contributed by atoms with van der Waals surface area (Å²) in [7, 11) is 0. The Balaban J connectivity index is 1.60. The number of rotatable bonds is 3. The van der Waals surface area contributed by atoms with Gasteiger partial charge in [0.15, 0.2) is 0 Å². The lowest BCUT2D eigenvalue weighted by Gasteiger charge is -2.28. The summed E-state index contributed by atoms with van der Waals surface area (Å²) in [5.41, 5.74) is 2.29. The first kappa shape index (κ1) is 18.4. The van der Waals surface area contributed by atoms with Crippen LogP contribution in [0, 0.1) is 6.92 Å². The highest BCUT2D eigenvalue weighted by Crippen LogP contribution is 2.24. The molecule has 142 valence electrons. The lowest BCUT2D eigenvalue weighted by atomic mass is 10.1. The summed E-state index contributed by atoms with van der Waals surface area (Å²) in [5, 5.41) is 0.998. The minimum absolute atomic E-state index is 0.0559. The highest BCUT2D eigenvalue weighted by molar-refractivity contribution is 6.31. The summed E-state index contributed by atoms with van der Waals surface area (Å²) >= 11 is 6.05. The summed E-state index contributed by atoms with van der Waals surface area (Å²) in [6.07, 6.45) is 4.69. The molecule has 6 nitrogen and oxygen atoms in total. The number of carbonyl (C=O) groups excluding carboxylic acids is 1. The number of aryl methyl sites for hydroxylation is 1. The standard InChI is InChI=1S/C21H19ClN4O2/c1-14-24-21(28)18-12-15(22)5-6-19(18)26(14)17-7-10-25(11-8-17)20(27)13-16-4-2-3-9-23-16/h2-7,9,12H,8,10-11,13H2,1H3. The van der Waals surface area contributed by atoms with Gasteiger partial charge in [-0.15, -0.1) is 0 Å². The number of pyridine rings is 1. The van der Waals surface area contributed by atoms with Crippen LogP contribution in [0.25, 0.3) is 16.6 Å². The van der Waals surface area contributed by atoms with Crippen molar-refractivity contribution in [2.24, 2.45) is 0 Å². The molecule has 0 N–H and O–H groups in total. The third kappa shape index (κ3) is 3.55. The second kappa shape index (κ2) is 7.56. The van der Waals surface area contributed by atoms with Crippen molar-refractivity contribution >= 4 is 34.1 Å². The molecule has 0 saturated carbocycles. The summed E-state index contributed by atoms with van der Waals surface area (Å²) in [4.78, 5) is 35.0. The van der Waals surface area contributed by atoms with Gasteiger partial charge in [0.2, 0.25) is 5.91 Å². The zero-order valence-corrected chi connectivity index (χ0v) is 16.2. The third-order valence-electron chi connectivity index (χ3n) is 4.90. The van der Waals surface area contributed by atoms with Crippen molar-refractivity contribution in [1.82, 2.24) is 19.4 Å². The lowest BCUT2D eigenvalue weighted by Crippen LogP contribution is -2.36. The number of aromatic nitrogens is 3. The van der Waals surface area contributed by atoms with Crippen LogP contribution < -0.4 is 5.56 Å². The van der Waals surface area contributed by atoms with E-state index in [0.717, 1.165) is 16.9 Å². The first-order valence-electron chi connectivity index (χ1n) is 9.09. The predicted molar refractivity (Wildman–Crippen MR) is 109 cm³/mol. The van der Waals surface area contributed by atoms with E-state index in [0.29, 0.717) is 42.2 Å². The Morgan fingerprint density at radius 1 is 1.25 bits per heavy atom. The summed E-state index contributed by atoms with van der Waals surface area (Å²) in [6.45, 7) is 2.94. The van der Waals surface area contributed by atoms with Crippen molar-refractivity contribution < 1.29 is 4.79 Å². The molecule has 0 unspecified atom stereocenters. The minimum Gasteiger partial charge on any atom is -0.338 e. The Kier molecular flexibility index (Phi) is 4.96. The van der Waals surface area contributed by atoms with E-state index in [1.54, 1.807) is 18.3 Å². The van der Waals surface area contributed by atoms with E-state index in [1.165, 1.54) is 0 Å². The Morgan fingerprint density at radius 3 is 2.82 bits per heavy atom. The second-order valence-electron chi connectivity index (χ2n) is 6.74. The molecule has 0 radical (unpaired) electrons. The van der Waals surface area contributed by atoms with Crippen molar-refractivity contribution in [3.63, 3.8) is 0 Å². The van der Waals surface area contributed by atoms with Crippen LogP contribution in [0.5, 0.6) is 0 Å². The van der Waals surface area contributed by atoms with Gasteiger partial charge in [0, 0.05) is 42.1 Å². The summed E-state index contributed by atoms with van der Waals surface area (Å²) < 4.78 is 1.98. The fourth-order valence-electron chi connectivity index (χ4n) is 3.53. The van der Waals surface area contributed by atoms with Crippen molar-refractivity contribution in [2.75, 3.05) is 13.1 Å². The number of carbonyl (C=O) groups is 1. The molecule has 0 aliphatic carbocycles. The number of halogens is 1. The number of amides is 1. The van der Waals surface area contributed by atoms with E-state index in [2.05, 4.69) is 9.97 Å². The van der Waals surface area contributed by atoms with Gasteiger partial charge in [0.25, 0.3) is 5.56 Å². The molecule has 1 amide bonds. The van der Waals surface area contributed by atoms with E-state index in [9.17, 15) is 9.59 Å². The highest BCUT2D eigenvalue weighted by atomic mass is 35.5. The Morgan fingerprint density at radius 2 is 2.11 bits per heavy atom. The molecular weight excluding hydrogens is 376 g/mol. The molecule has 1 aliphatic heterocycles. The molecule has 3 heterocycles. The van der Waals surface area contributed by atoms with Crippen LogP contribution in [-0.4, -0.2) is 38.4 Å². The Labute approximate surface area is 167 Å². The van der Waals surface area contributed by atoms with Gasteiger partial charge >= 0.3 is 0 Å². The maximum absolute atomic E-state index is 12.6. The van der Waals surface area contributed by atoms with Gasteiger partial charge in [0.1, 0.15) is 5.82 Å². The van der Waals surface area contributed by atoms with Crippen LogP contribution in [0.2, 0.25) is 5.02 Å². The second-order valence-corrected chi connectivity index (χ2v) is 7.18. The summed E-state index contributed by atoms with van der Waals surface area (Å²) in [5.74, 6) is 0.680. The molecule has 0 fully saturated rings. The third-order valence-corrected chi connectivity index (χ3v) is 5.14. The van der Waals surface area contributed by atoms with Gasteiger partial charge in [0.05, 0.1) is 17.3 Å². The zero-order valence-electron chi connectivity index (χ0n) is 15.4. The number of hydrogen-bond acceptors (Lipinski definition) is 4. The van der Waals surface area contributed by atoms with E-state index in [4.69, 9.17) is 11.6 Å². The normalized spacial score (nSPS) is 14.2. The lowest BCUT2D eigenvalue weighted by molar-refractivity contribution is -0.130. The first-order chi connectivity index (χ1) is 13.5. The van der Waals surface area contributed by atoms with Crippen LogP contribution in [0.1, 0.15) is 17.9 Å². The molecule has 4 rings (SSSR count). The van der Waals surface area contributed by atoms with Crippen molar-refractivity contribution in [1.29, 1.82) is 0 Å². The van der Waals surface area contributed by atoms with Crippen LogP contribution in [0.4, 0.5) is 0 Å². The van der Waals surface area contributed by atoms with Crippen LogP contribution in [0.15, 0.2) is 53.5 Å². The number of benzene rings is 1. The number of nitrogens with zero attached hydrogens (tertiary/aromatic N) is 4. The smallest absolute Gasteiger partial charge is 0.280 e. The molecule has 3 aromatic rings. The average molecular weight is 395 g/mol. The quantitative estimate of drug-likeness (QED) is 0.684.